The lowest BCUT2D eigenvalue weighted by molar-refractivity contribution is -0.670. The van der Waals surface area contributed by atoms with Gasteiger partial charge >= 0.3 is 18.5 Å². The average molecular weight is 605 g/mol. The molecular formula is C24H24F8N2O5S. The molecule has 3 rings (SSSR count). The summed E-state index contributed by atoms with van der Waals surface area (Å²) in [5.74, 6) is -7.82. The summed E-state index contributed by atoms with van der Waals surface area (Å²) in [6, 6.07) is 10.3. The van der Waals surface area contributed by atoms with E-state index in [4.69, 9.17) is 14.6 Å². The third-order valence-corrected chi connectivity index (χ3v) is 6.99. The molecule has 3 aromatic rings. The monoisotopic (exact) mass is 604 g/mol. The van der Waals surface area contributed by atoms with E-state index >= 15 is 0 Å². The Morgan fingerprint density at radius 1 is 1.10 bits per heavy atom. The van der Waals surface area contributed by atoms with E-state index in [1.165, 1.54) is 37.4 Å². The van der Waals surface area contributed by atoms with Gasteiger partial charge in [0, 0.05) is 23.6 Å². The Hall–Kier alpha value is -3.40. The summed E-state index contributed by atoms with van der Waals surface area (Å²) in [4.78, 5) is 8.78. The molecule has 0 unspecified atom stereocenters. The first-order valence-electron chi connectivity index (χ1n) is 11.5. The average Bonchev–Trinajstić information content (AvgIpc) is 3.24. The van der Waals surface area contributed by atoms with Gasteiger partial charge < -0.3 is 20.0 Å². The van der Waals surface area contributed by atoms with Gasteiger partial charge in [-0.3, -0.25) is 0 Å². The van der Waals surface area contributed by atoms with Crippen LogP contribution in [-0.4, -0.2) is 55.8 Å². The number of quaternary nitrogens is 1. The highest BCUT2D eigenvalue weighted by Gasteiger charge is 2.41. The van der Waals surface area contributed by atoms with E-state index in [1.807, 2.05) is 5.32 Å². The van der Waals surface area contributed by atoms with Crippen LogP contribution in [0, 0.1) is 5.82 Å². The molecule has 0 aliphatic heterocycles. The largest absolute Gasteiger partial charge is 0.542 e. The highest BCUT2D eigenvalue weighted by atomic mass is 32.2. The standard InChI is InChI=1S/C22H23F5N2O3S.C2HF3O2/c1-2-33(30,31)29-13-16(19-7-6-17(23)11-20(19)29)8-9-28-12-15-4-3-5-18(10-15)32-14-22(26,27)21(24)25;3-2(4,5)1(6)7/h3-7,10-11,13,21,28H,2,8-9,12,14H2,1H3;(H,6,7). The van der Waals surface area contributed by atoms with Crippen molar-refractivity contribution in [3.63, 3.8) is 0 Å². The first-order valence-corrected chi connectivity index (χ1v) is 13.1. The van der Waals surface area contributed by atoms with Gasteiger partial charge in [-0.05, 0) is 42.8 Å². The summed E-state index contributed by atoms with van der Waals surface area (Å²) in [5.41, 5.74) is 1.79. The van der Waals surface area contributed by atoms with E-state index in [0.717, 1.165) is 15.1 Å². The molecule has 222 valence electrons. The third-order valence-electron chi connectivity index (χ3n) is 5.36. The zero-order chi connectivity index (χ0) is 30.3. The van der Waals surface area contributed by atoms with Crippen molar-refractivity contribution in [2.45, 2.75) is 38.4 Å². The van der Waals surface area contributed by atoms with Crippen LogP contribution in [0.3, 0.4) is 0 Å². The molecular weight excluding hydrogens is 580 g/mol. The van der Waals surface area contributed by atoms with Crippen LogP contribution in [0.4, 0.5) is 35.1 Å². The minimum Gasteiger partial charge on any atom is -0.542 e. The maximum Gasteiger partial charge on any atom is 0.430 e. The summed E-state index contributed by atoms with van der Waals surface area (Å²) in [6.45, 7) is 1.13. The molecule has 0 aliphatic rings. The Labute approximate surface area is 223 Å². The zero-order valence-corrected chi connectivity index (χ0v) is 21.5. The fraction of sp³-hybridized carbons (Fsp3) is 0.375. The molecule has 40 heavy (non-hydrogen) atoms. The molecule has 0 saturated heterocycles. The van der Waals surface area contributed by atoms with Gasteiger partial charge in [-0.2, -0.15) is 22.0 Å². The lowest BCUT2D eigenvalue weighted by Gasteiger charge is -2.16. The number of hydrogen-bond acceptors (Lipinski definition) is 5. The number of nitrogens with zero attached hydrogens (tertiary/aromatic N) is 1. The third kappa shape index (κ3) is 9.08. The van der Waals surface area contributed by atoms with Gasteiger partial charge in [-0.25, -0.2) is 25.6 Å². The molecule has 0 radical (unpaired) electrons. The number of rotatable bonds is 11. The lowest BCUT2D eigenvalue weighted by Crippen LogP contribution is -2.83. The van der Waals surface area contributed by atoms with Crippen LogP contribution in [0.25, 0.3) is 10.9 Å². The molecule has 7 nitrogen and oxygen atoms in total. The molecule has 0 spiro atoms. The number of fused-ring (bicyclic) bond motifs is 1. The molecule has 1 heterocycles. The van der Waals surface area contributed by atoms with Crippen molar-refractivity contribution >= 4 is 26.9 Å². The second kappa shape index (κ2) is 13.3. The molecule has 0 saturated carbocycles. The second-order valence-electron chi connectivity index (χ2n) is 8.33. The molecule has 0 bridgehead atoms. The van der Waals surface area contributed by atoms with Crippen LogP contribution in [-0.2, 0) is 27.8 Å². The number of ether oxygens (including phenoxy) is 1. The summed E-state index contributed by atoms with van der Waals surface area (Å²) in [7, 11) is -3.59. The molecule has 2 N–H and O–H groups in total. The molecule has 2 aromatic carbocycles. The maximum absolute atomic E-state index is 13.7. The van der Waals surface area contributed by atoms with Crippen molar-refractivity contribution < 1.29 is 63.5 Å². The number of carboxylic acid groups (broad SMARTS) is 1. The van der Waals surface area contributed by atoms with Gasteiger partial charge in [0.15, 0.2) is 6.61 Å². The van der Waals surface area contributed by atoms with Crippen molar-refractivity contribution in [3.8, 4) is 5.75 Å². The van der Waals surface area contributed by atoms with Crippen LogP contribution in [0.5, 0.6) is 5.75 Å². The van der Waals surface area contributed by atoms with Crippen LogP contribution in [0.2, 0.25) is 0 Å². The zero-order valence-electron chi connectivity index (χ0n) is 20.7. The molecule has 16 heteroatoms. The van der Waals surface area contributed by atoms with Crippen molar-refractivity contribution in [3.05, 3.63) is 65.6 Å². The number of hydrogen-bond donors (Lipinski definition) is 1. The first-order chi connectivity index (χ1) is 18.5. The summed E-state index contributed by atoms with van der Waals surface area (Å²) in [6.07, 6.45) is -6.98. The van der Waals surface area contributed by atoms with E-state index in [-0.39, 0.29) is 17.0 Å². The van der Waals surface area contributed by atoms with Crippen LogP contribution < -0.4 is 15.2 Å². The number of carbonyl (C=O) groups excluding carboxylic acids is 1. The first kappa shape index (κ1) is 32.8. The number of aliphatic carboxylic acids is 1. The molecule has 0 fully saturated rings. The fourth-order valence-corrected chi connectivity index (χ4v) is 4.36. The number of carbonyl (C=O) groups is 1. The van der Waals surface area contributed by atoms with Crippen molar-refractivity contribution in [1.29, 1.82) is 0 Å². The Balaban J connectivity index is 0.000000708. The second-order valence-corrected chi connectivity index (χ2v) is 10.5. The number of benzene rings is 2. The van der Waals surface area contributed by atoms with Gasteiger partial charge in [-0.1, -0.05) is 12.1 Å². The normalized spacial score (nSPS) is 12.3. The predicted octanol–water partition coefficient (Wildman–Crippen LogP) is 2.86. The van der Waals surface area contributed by atoms with E-state index < -0.39 is 46.9 Å². The van der Waals surface area contributed by atoms with E-state index in [0.29, 0.717) is 24.9 Å². The molecule has 0 atom stereocenters. The number of halogens is 8. The number of nitrogens with two attached hydrogens (primary N) is 1. The Bertz CT molecular complexity index is 1410. The van der Waals surface area contributed by atoms with E-state index in [9.17, 15) is 43.5 Å². The number of aromatic nitrogens is 1. The SMILES string of the molecule is CCS(=O)(=O)n1cc(CC[NH2+]Cc2cccc(OCC(F)(F)C(F)F)c2)c2ccc(F)cc21.O=C([O-])C(F)(F)F. The number of alkyl halides is 7. The smallest absolute Gasteiger partial charge is 0.430 e. The maximum atomic E-state index is 13.7. The van der Waals surface area contributed by atoms with Crippen molar-refractivity contribution in [2.24, 2.45) is 0 Å². The summed E-state index contributed by atoms with van der Waals surface area (Å²) < 4.78 is 126. The van der Waals surface area contributed by atoms with Gasteiger partial charge in [-0.15, -0.1) is 0 Å². The van der Waals surface area contributed by atoms with Gasteiger partial charge in [0.05, 0.1) is 17.8 Å². The molecule has 0 aliphatic carbocycles. The highest BCUT2D eigenvalue weighted by Crippen LogP contribution is 2.26. The summed E-state index contributed by atoms with van der Waals surface area (Å²) in [5, 5.41) is 11.4. The van der Waals surface area contributed by atoms with Crippen molar-refractivity contribution in [2.75, 3.05) is 18.9 Å². The van der Waals surface area contributed by atoms with Crippen LogP contribution in [0.1, 0.15) is 18.1 Å². The quantitative estimate of drug-likeness (QED) is 0.268. The Morgan fingerprint density at radius 2 is 1.75 bits per heavy atom. The Kier molecular flexibility index (Phi) is 10.9. The topological polar surface area (TPSA) is 105 Å². The van der Waals surface area contributed by atoms with Crippen LogP contribution in [0.15, 0.2) is 48.7 Å². The van der Waals surface area contributed by atoms with Gasteiger partial charge in [0.2, 0.25) is 10.0 Å². The van der Waals surface area contributed by atoms with Gasteiger partial charge in [0.1, 0.15) is 24.1 Å². The van der Waals surface area contributed by atoms with Gasteiger partial charge in [0.25, 0.3) is 0 Å². The predicted molar refractivity (Wildman–Crippen MR) is 125 cm³/mol. The fourth-order valence-electron chi connectivity index (χ4n) is 3.34. The van der Waals surface area contributed by atoms with Crippen LogP contribution >= 0.6 is 0 Å². The Morgan fingerprint density at radius 3 is 2.33 bits per heavy atom. The van der Waals surface area contributed by atoms with E-state index in [2.05, 4.69) is 0 Å². The molecule has 1 aromatic heterocycles. The molecule has 0 amide bonds. The summed E-state index contributed by atoms with van der Waals surface area (Å²) >= 11 is 0. The highest BCUT2D eigenvalue weighted by molar-refractivity contribution is 7.90. The van der Waals surface area contributed by atoms with E-state index in [1.54, 1.807) is 18.2 Å². The van der Waals surface area contributed by atoms with Crippen molar-refractivity contribution in [1.82, 2.24) is 3.97 Å². The lowest BCUT2D eigenvalue weighted by atomic mass is 10.1. The number of carboxylic acids is 1. The minimum absolute atomic E-state index is 0.0658. The minimum atomic E-state index is -5.19.